The first-order valence-electron chi connectivity index (χ1n) is 10.2. The molecule has 0 aliphatic heterocycles. The van der Waals surface area contributed by atoms with Gasteiger partial charge >= 0.3 is 15.3 Å². The van der Waals surface area contributed by atoms with Crippen LogP contribution in [0.1, 0.15) is 21.1 Å². The van der Waals surface area contributed by atoms with Crippen LogP contribution in [-0.2, 0) is 4.57 Å². The van der Waals surface area contributed by atoms with Gasteiger partial charge in [0.05, 0.1) is 0 Å². The van der Waals surface area contributed by atoms with E-state index in [1.807, 2.05) is 0 Å². The molecule has 2 N–H and O–H groups in total. The van der Waals surface area contributed by atoms with Crippen LogP contribution in [0.15, 0.2) is 84.9 Å². The number of phosphoric acid groups is 1. The van der Waals surface area contributed by atoms with Crippen LogP contribution in [0.25, 0.3) is 45.8 Å². The molecule has 0 atom stereocenters. The molecule has 0 aliphatic carbocycles. The van der Waals surface area contributed by atoms with Crippen LogP contribution < -0.4 is 4.89 Å². The third kappa shape index (κ3) is 7.23. The van der Waals surface area contributed by atoms with E-state index in [1.54, 1.807) is 20.7 Å². The molecule has 0 fully saturated rings. The van der Waals surface area contributed by atoms with Gasteiger partial charge in [-0.05, 0) is 57.0 Å². The van der Waals surface area contributed by atoms with E-state index in [9.17, 15) is 0 Å². The molecule has 34 heavy (non-hydrogen) atoms. The normalized spacial score (nSPS) is 11.9. The maximum absolute atomic E-state index is 8.77. The van der Waals surface area contributed by atoms with Crippen molar-refractivity contribution in [2.75, 3.05) is 0 Å². The summed E-state index contributed by atoms with van der Waals surface area (Å²) in [4.78, 5) is 27.7. The van der Waals surface area contributed by atoms with Crippen molar-refractivity contribution in [3.8, 4) is 0 Å². The lowest BCUT2D eigenvalue weighted by Crippen LogP contribution is -1.94. The van der Waals surface area contributed by atoms with Crippen molar-refractivity contribution in [3.05, 3.63) is 106 Å². The molecule has 5 rings (SSSR count). The topological polar surface area (TPSA) is 93.5 Å². The van der Waals surface area contributed by atoms with Gasteiger partial charge in [0.25, 0.3) is 7.82 Å². The molecule has 5 nitrogen and oxygen atoms in total. The molecule has 0 unspecified atom stereocenters. The number of aromatic nitrogens is 1. The predicted molar refractivity (Wildman–Crippen MR) is 142 cm³/mol. The van der Waals surface area contributed by atoms with Gasteiger partial charge in [0.1, 0.15) is 0 Å². The van der Waals surface area contributed by atoms with E-state index in [-0.39, 0.29) is 0 Å². The van der Waals surface area contributed by atoms with Crippen molar-refractivity contribution in [2.24, 2.45) is 0 Å². The van der Waals surface area contributed by atoms with Crippen molar-refractivity contribution in [2.45, 2.75) is 0 Å². The largest absolute Gasteiger partial charge is 0.756 e. The highest BCUT2D eigenvalue weighted by Gasteiger charge is 2.10. The minimum atomic E-state index is -4.89. The Morgan fingerprint density at radius 3 is 1.74 bits per heavy atom. The Bertz CT molecular complexity index is 1430. The molecule has 170 valence electrons. The summed E-state index contributed by atoms with van der Waals surface area (Å²) in [5, 5.41) is 7.11. The first kappa shape index (κ1) is 24.1. The number of rotatable bonds is 4. The minimum absolute atomic E-state index is 1.03. The second kappa shape index (κ2) is 10.9. The lowest BCUT2D eigenvalue weighted by molar-refractivity contribution is -0.214. The zero-order valence-corrected chi connectivity index (χ0v) is 20.3. The molecule has 0 radical (unpaired) electrons. The monoisotopic (exact) mass is 505 g/mol. The lowest BCUT2D eigenvalue weighted by Gasteiger charge is -2.01. The molecule has 0 spiro atoms. The standard InChI is InChI=1S/C26H18NS2.H3O4P/c1-3-7-23-17-19(9-13-21(23)5-1)11-15-25-27-26(29-28-25)16-12-20-10-14-22-6-2-4-8-24(22)18-20;1-5(2,3)4/h1-18H;(H3,1,2,3,4)/q+1;/p-1/b15-11+,16-12+;. The van der Waals surface area contributed by atoms with Gasteiger partial charge in [0, 0.05) is 6.08 Å². The van der Waals surface area contributed by atoms with Crippen LogP contribution in [0.4, 0.5) is 0 Å². The van der Waals surface area contributed by atoms with Crippen LogP contribution >= 0.6 is 28.5 Å². The molecular formula is C26H20NO4PS2. The maximum Gasteiger partial charge on any atom is 0.341 e. The minimum Gasteiger partial charge on any atom is -0.756 e. The quantitative estimate of drug-likeness (QED) is 0.164. The summed E-state index contributed by atoms with van der Waals surface area (Å²) in [7, 11) is -1.48. The Morgan fingerprint density at radius 1 is 0.735 bits per heavy atom. The van der Waals surface area contributed by atoms with Gasteiger partial charge in [0.2, 0.25) is 0 Å². The van der Waals surface area contributed by atoms with E-state index in [4.69, 9.17) is 24.2 Å². The van der Waals surface area contributed by atoms with E-state index in [2.05, 4.69) is 109 Å². The van der Waals surface area contributed by atoms with E-state index in [0.717, 1.165) is 10.0 Å². The fourth-order valence-electron chi connectivity index (χ4n) is 3.32. The van der Waals surface area contributed by atoms with Crippen molar-refractivity contribution >= 4 is 74.4 Å². The zero-order valence-electron chi connectivity index (χ0n) is 17.8. The summed E-state index contributed by atoms with van der Waals surface area (Å²) >= 11 is 0. The van der Waals surface area contributed by atoms with Crippen molar-refractivity contribution in [1.82, 2.24) is 4.98 Å². The molecule has 5 aromatic rings. The lowest BCUT2D eigenvalue weighted by atomic mass is 10.1. The fourth-order valence-corrected chi connectivity index (χ4v) is 5.14. The number of fused-ring (bicyclic) bond motifs is 2. The number of nitrogens with zero attached hydrogens (tertiary/aromatic N) is 1. The smallest absolute Gasteiger partial charge is 0.341 e. The second-order valence-corrected chi connectivity index (χ2v) is 10.5. The summed E-state index contributed by atoms with van der Waals surface area (Å²) in [6.45, 7) is 0. The SMILES string of the molecule is C(=C\c1nc(/C=C/c2ccc3ccccc3c2)[s+]s1)/c1ccc2ccccc2c1.O=P([O-])(O)O. The summed E-state index contributed by atoms with van der Waals surface area (Å²) < 4.78 is 8.77. The number of hydrogen-bond donors (Lipinski definition) is 2. The van der Waals surface area contributed by atoms with Gasteiger partial charge in [-0.1, -0.05) is 78.9 Å². The Balaban J connectivity index is 0.000000499. The van der Waals surface area contributed by atoms with Crippen LogP contribution in [-0.4, -0.2) is 14.8 Å². The first-order chi connectivity index (χ1) is 16.3. The van der Waals surface area contributed by atoms with Crippen LogP contribution in [0.3, 0.4) is 0 Å². The number of benzene rings is 4. The molecule has 0 bridgehead atoms. The van der Waals surface area contributed by atoms with Gasteiger partial charge < -0.3 is 14.7 Å². The third-order valence-corrected chi connectivity index (χ3v) is 6.97. The molecule has 0 saturated heterocycles. The van der Waals surface area contributed by atoms with E-state index >= 15 is 0 Å². The molecule has 0 aliphatic rings. The molecule has 8 heteroatoms. The van der Waals surface area contributed by atoms with E-state index < -0.39 is 7.82 Å². The highest BCUT2D eigenvalue weighted by atomic mass is 32.9. The fraction of sp³-hybridized carbons (Fsp3) is 0. The molecular weight excluding hydrogens is 485 g/mol. The van der Waals surface area contributed by atoms with E-state index in [0.29, 0.717) is 0 Å². The zero-order chi connectivity index (χ0) is 24.0. The summed E-state index contributed by atoms with van der Waals surface area (Å²) in [6, 6.07) is 29.9. The summed E-state index contributed by atoms with van der Waals surface area (Å²) in [6.07, 6.45) is 8.46. The van der Waals surface area contributed by atoms with Gasteiger partial charge in [-0.3, -0.25) is 4.57 Å². The Hall–Kier alpha value is -3.03. The highest BCUT2D eigenvalue weighted by Crippen LogP contribution is 2.24. The third-order valence-electron chi connectivity index (χ3n) is 4.82. The van der Waals surface area contributed by atoms with Crippen molar-refractivity contribution in [3.63, 3.8) is 0 Å². The van der Waals surface area contributed by atoms with Gasteiger partial charge in [0.15, 0.2) is 15.3 Å². The maximum atomic E-state index is 8.77. The van der Waals surface area contributed by atoms with Gasteiger partial charge in [-0.15, -0.1) is 0 Å². The summed E-state index contributed by atoms with van der Waals surface area (Å²) in [5.74, 6) is 0. The Labute approximate surface area is 204 Å². The molecule has 0 amide bonds. The van der Waals surface area contributed by atoms with Crippen LogP contribution in [0.2, 0.25) is 0 Å². The summed E-state index contributed by atoms with van der Waals surface area (Å²) in [5.41, 5.74) is 2.38. The molecule has 1 aromatic heterocycles. The molecule has 4 aromatic carbocycles. The van der Waals surface area contributed by atoms with Crippen LogP contribution in [0, 0.1) is 0 Å². The average molecular weight is 506 g/mol. The average Bonchev–Trinajstić information content (AvgIpc) is 3.28. The van der Waals surface area contributed by atoms with E-state index in [1.165, 1.54) is 32.7 Å². The predicted octanol–water partition coefficient (Wildman–Crippen LogP) is 6.57. The van der Waals surface area contributed by atoms with Gasteiger partial charge in [-0.25, -0.2) is 0 Å². The van der Waals surface area contributed by atoms with Crippen molar-refractivity contribution < 1.29 is 19.2 Å². The second-order valence-electron chi connectivity index (χ2n) is 7.33. The molecule has 0 saturated carbocycles. The highest BCUT2D eigenvalue weighted by molar-refractivity contribution is 7.69. The van der Waals surface area contributed by atoms with Gasteiger partial charge in [-0.2, -0.15) is 4.98 Å². The number of hydrogen-bond acceptors (Lipinski definition) is 4. The first-order valence-corrected chi connectivity index (χ1v) is 13.9. The molecule has 1 heterocycles. The van der Waals surface area contributed by atoms with Crippen LogP contribution in [0.5, 0.6) is 0 Å². The Kier molecular flexibility index (Phi) is 7.75. The Morgan fingerprint density at radius 2 is 1.21 bits per heavy atom. The van der Waals surface area contributed by atoms with Crippen molar-refractivity contribution in [1.29, 1.82) is 0 Å².